The number of rotatable bonds is 1. The Morgan fingerprint density at radius 3 is 2.77 bits per heavy atom. The summed E-state index contributed by atoms with van der Waals surface area (Å²) in [5.41, 5.74) is 2.78. The first kappa shape index (κ1) is 13.7. The first-order valence-electron chi connectivity index (χ1n) is 6.84. The number of anilines is 2. The number of aliphatic imine (C=N–C) groups is 1. The van der Waals surface area contributed by atoms with E-state index in [2.05, 4.69) is 15.6 Å². The van der Waals surface area contributed by atoms with Gasteiger partial charge in [-0.25, -0.2) is 0 Å². The Kier molecular flexibility index (Phi) is 3.13. The van der Waals surface area contributed by atoms with Gasteiger partial charge in [0.15, 0.2) is 5.17 Å². The predicted molar refractivity (Wildman–Crippen MR) is 91.7 cm³/mol. The number of carbonyl (C=O) groups excluding carboxylic acids is 1. The molecule has 1 spiro atoms. The second-order valence-corrected chi connectivity index (χ2v) is 6.91. The molecule has 4 nitrogen and oxygen atoms in total. The second kappa shape index (κ2) is 5.04. The summed E-state index contributed by atoms with van der Waals surface area (Å²) in [5, 5.41) is 7.62. The Bertz CT molecular complexity index is 790. The number of benzene rings is 2. The number of thioether (sulfide) groups is 1. The van der Waals surface area contributed by atoms with E-state index < -0.39 is 4.75 Å². The van der Waals surface area contributed by atoms with Crippen molar-refractivity contribution >= 4 is 45.8 Å². The van der Waals surface area contributed by atoms with Gasteiger partial charge < -0.3 is 10.6 Å². The Balaban J connectivity index is 1.59. The normalized spacial score (nSPS) is 22.4. The molecule has 0 saturated carbocycles. The molecule has 0 fully saturated rings. The summed E-state index contributed by atoms with van der Waals surface area (Å²) in [6.45, 7) is 0.441. The fourth-order valence-corrected chi connectivity index (χ4v) is 4.00. The molecule has 2 heterocycles. The van der Waals surface area contributed by atoms with Crippen molar-refractivity contribution in [2.45, 2.75) is 4.75 Å². The highest BCUT2D eigenvalue weighted by molar-refractivity contribution is 8.15. The van der Waals surface area contributed by atoms with Gasteiger partial charge in [-0.2, -0.15) is 0 Å². The summed E-state index contributed by atoms with van der Waals surface area (Å²) in [6.07, 6.45) is 0. The van der Waals surface area contributed by atoms with Gasteiger partial charge in [-0.05, 0) is 30.3 Å². The number of nitrogens with zero attached hydrogens (tertiary/aromatic N) is 1. The first-order valence-corrected chi connectivity index (χ1v) is 8.04. The van der Waals surface area contributed by atoms with E-state index in [-0.39, 0.29) is 5.91 Å². The molecule has 1 atom stereocenters. The third-order valence-electron chi connectivity index (χ3n) is 3.79. The van der Waals surface area contributed by atoms with E-state index in [0.29, 0.717) is 11.6 Å². The monoisotopic (exact) mass is 329 g/mol. The summed E-state index contributed by atoms with van der Waals surface area (Å²) in [5.74, 6) is -0.00430. The smallest absolute Gasteiger partial charge is 0.247 e. The summed E-state index contributed by atoms with van der Waals surface area (Å²) >= 11 is 7.35. The topological polar surface area (TPSA) is 53.5 Å². The zero-order chi connectivity index (χ0) is 15.2. The van der Waals surface area contributed by atoms with Crippen LogP contribution in [-0.4, -0.2) is 17.6 Å². The molecule has 2 aromatic carbocycles. The highest BCUT2D eigenvalue weighted by atomic mass is 35.5. The van der Waals surface area contributed by atoms with Crippen molar-refractivity contribution in [2.24, 2.45) is 4.99 Å². The lowest BCUT2D eigenvalue weighted by Gasteiger charge is -2.19. The molecular formula is C16H12ClN3OS. The van der Waals surface area contributed by atoms with Gasteiger partial charge in [0.25, 0.3) is 0 Å². The number of hydrogen-bond acceptors (Lipinski definition) is 4. The van der Waals surface area contributed by atoms with Gasteiger partial charge in [-0.15, -0.1) is 0 Å². The average molecular weight is 330 g/mol. The molecular weight excluding hydrogens is 318 g/mol. The molecule has 0 radical (unpaired) electrons. The Hall–Kier alpha value is -1.98. The number of hydrogen-bond donors (Lipinski definition) is 2. The van der Waals surface area contributed by atoms with Crippen LogP contribution in [0.2, 0.25) is 5.02 Å². The number of amides is 1. The molecule has 2 aliphatic heterocycles. The van der Waals surface area contributed by atoms with Gasteiger partial charge in [0.2, 0.25) is 5.91 Å². The Morgan fingerprint density at radius 1 is 1.18 bits per heavy atom. The molecule has 22 heavy (non-hydrogen) atoms. The molecule has 2 N–H and O–H groups in total. The fourth-order valence-electron chi connectivity index (χ4n) is 2.68. The second-order valence-electron chi connectivity index (χ2n) is 5.18. The van der Waals surface area contributed by atoms with Crippen molar-refractivity contribution in [2.75, 3.05) is 17.2 Å². The van der Waals surface area contributed by atoms with E-state index in [1.807, 2.05) is 48.5 Å². The zero-order valence-electron chi connectivity index (χ0n) is 11.5. The molecule has 4 rings (SSSR count). The lowest BCUT2D eigenvalue weighted by molar-refractivity contribution is -0.117. The van der Waals surface area contributed by atoms with Gasteiger partial charge >= 0.3 is 0 Å². The third kappa shape index (κ3) is 2.09. The van der Waals surface area contributed by atoms with E-state index in [4.69, 9.17) is 11.6 Å². The van der Waals surface area contributed by atoms with Crippen molar-refractivity contribution in [3.8, 4) is 0 Å². The minimum absolute atomic E-state index is 0.00430. The van der Waals surface area contributed by atoms with Crippen LogP contribution in [0.25, 0.3) is 0 Å². The minimum Gasteiger partial charge on any atom is -0.335 e. The maximum absolute atomic E-state index is 12.4. The standard InChI is InChI=1S/C16H12ClN3OS/c17-10-5-7-11(8-6-10)19-15-18-9-16(22-15)12-3-1-2-4-13(12)20-14(16)21/h1-8H,9H2,(H,18,19)(H,20,21). The summed E-state index contributed by atoms with van der Waals surface area (Å²) in [6, 6.07) is 15.2. The van der Waals surface area contributed by atoms with Crippen molar-refractivity contribution in [1.82, 2.24) is 0 Å². The van der Waals surface area contributed by atoms with Crippen LogP contribution < -0.4 is 10.6 Å². The van der Waals surface area contributed by atoms with E-state index in [0.717, 1.165) is 22.1 Å². The van der Waals surface area contributed by atoms with Crippen molar-refractivity contribution < 1.29 is 4.79 Å². The Morgan fingerprint density at radius 2 is 1.95 bits per heavy atom. The minimum atomic E-state index is -0.647. The molecule has 1 unspecified atom stereocenters. The van der Waals surface area contributed by atoms with Crippen LogP contribution in [0.3, 0.4) is 0 Å². The molecule has 110 valence electrons. The first-order chi connectivity index (χ1) is 10.7. The van der Waals surface area contributed by atoms with Gasteiger partial charge in [0.1, 0.15) is 4.75 Å². The lowest BCUT2D eigenvalue weighted by atomic mass is 10.00. The maximum Gasteiger partial charge on any atom is 0.247 e. The highest BCUT2D eigenvalue weighted by Crippen LogP contribution is 2.49. The van der Waals surface area contributed by atoms with Crippen LogP contribution in [0.4, 0.5) is 11.4 Å². The number of carbonyl (C=O) groups is 1. The van der Waals surface area contributed by atoms with Crippen LogP contribution in [0.15, 0.2) is 53.5 Å². The van der Waals surface area contributed by atoms with E-state index in [9.17, 15) is 4.79 Å². The van der Waals surface area contributed by atoms with Crippen LogP contribution in [0.5, 0.6) is 0 Å². The van der Waals surface area contributed by atoms with Gasteiger partial charge in [0, 0.05) is 22.0 Å². The van der Waals surface area contributed by atoms with E-state index in [1.54, 1.807) is 0 Å². The molecule has 0 aliphatic carbocycles. The largest absolute Gasteiger partial charge is 0.335 e. The van der Waals surface area contributed by atoms with Crippen LogP contribution in [-0.2, 0) is 9.54 Å². The molecule has 2 aromatic rings. The number of fused-ring (bicyclic) bond motifs is 2. The van der Waals surface area contributed by atoms with Crippen molar-refractivity contribution in [3.05, 3.63) is 59.1 Å². The van der Waals surface area contributed by atoms with Crippen LogP contribution in [0.1, 0.15) is 5.56 Å². The number of amidine groups is 1. The SMILES string of the molecule is O=C1Nc2ccccc2C12CN=C(Nc1ccc(Cl)cc1)S2. The zero-order valence-corrected chi connectivity index (χ0v) is 13.0. The molecule has 2 aliphatic rings. The molecule has 0 aromatic heterocycles. The molecule has 1 amide bonds. The van der Waals surface area contributed by atoms with Crippen LogP contribution >= 0.6 is 23.4 Å². The molecule has 6 heteroatoms. The quantitative estimate of drug-likeness (QED) is 0.838. The van der Waals surface area contributed by atoms with Gasteiger partial charge in [0.05, 0.1) is 6.54 Å². The molecule has 0 saturated heterocycles. The summed E-state index contributed by atoms with van der Waals surface area (Å²) < 4.78 is -0.647. The number of halogens is 1. The number of para-hydroxylation sites is 1. The number of nitrogens with one attached hydrogen (secondary N) is 2. The third-order valence-corrected chi connectivity index (χ3v) is 5.35. The van der Waals surface area contributed by atoms with Crippen LogP contribution in [0, 0.1) is 0 Å². The van der Waals surface area contributed by atoms with E-state index in [1.165, 1.54) is 11.8 Å². The average Bonchev–Trinajstić information content (AvgIpc) is 3.06. The lowest BCUT2D eigenvalue weighted by Crippen LogP contribution is -2.32. The van der Waals surface area contributed by atoms with Gasteiger partial charge in [-0.3, -0.25) is 9.79 Å². The maximum atomic E-state index is 12.4. The van der Waals surface area contributed by atoms with Crippen molar-refractivity contribution in [1.29, 1.82) is 0 Å². The molecule has 0 bridgehead atoms. The summed E-state index contributed by atoms with van der Waals surface area (Å²) in [4.78, 5) is 17.0. The van der Waals surface area contributed by atoms with Gasteiger partial charge in [-0.1, -0.05) is 41.6 Å². The Labute approximate surface area is 137 Å². The summed E-state index contributed by atoms with van der Waals surface area (Å²) in [7, 11) is 0. The van der Waals surface area contributed by atoms with Crippen molar-refractivity contribution in [3.63, 3.8) is 0 Å². The highest BCUT2D eigenvalue weighted by Gasteiger charge is 2.51. The fraction of sp³-hybridized carbons (Fsp3) is 0.125. The predicted octanol–water partition coefficient (Wildman–Crippen LogP) is 3.70. The van der Waals surface area contributed by atoms with E-state index >= 15 is 0 Å².